The van der Waals surface area contributed by atoms with Gasteiger partial charge in [-0.3, -0.25) is 0 Å². The summed E-state index contributed by atoms with van der Waals surface area (Å²) >= 11 is 0. The van der Waals surface area contributed by atoms with Crippen molar-refractivity contribution < 1.29 is 8.78 Å². The number of aryl methyl sites for hydroxylation is 1. The molecule has 1 rings (SSSR count). The van der Waals surface area contributed by atoms with E-state index in [1.54, 1.807) is 0 Å². The van der Waals surface area contributed by atoms with E-state index in [4.69, 9.17) is 5.41 Å². The molecule has 0 aromatic heterocycles. The second kappa shape index (κ2) is 4.70. The Bertz CT molecular complexity index is 270. The number of halogens is 2. The maximum Gasteiger partial charge on any atom is 0.352 e. The fourth-order valence-corrected chi connectivity index (χ4v) is 1.01. The van der Waals surface area contributed by atoms with Crippen LogP contribution in [-0.4, -0.2) is 5.71 Å². The van der Waals surface area contributed by atoms with Crippen molar-refractivity contribution in [1.29, 1.82) is 5.41 Å². The van der Waals surface area contributed by atoms with Crippen LogP contribution in [0.3, 0.4) is 0 Å². The van der Waals surface area contributed by atoms with E-state index in [9.17, 15) is 8.78 Å². The molecule has 0 heterocycles. The van der Waals surface area contributed by atoms with Gasteiger partial charge in [0.2, 0.25) is 0 Å². The van der Waals surface area contributed by atoms with Gasteiger partial charge in [0.15, 0.2) is 0 Å². The highest BCUT2D eigenvalue weighted by atomic mass is 19.3. The molecule has 0 aliphatic rings. The van der Waals surface area contributed by atoms with E-state index in [0.29, 0.717) is 6.42 Å². The van der Waals surface area contributed by atoms with Crippen LogP contribution in [0.4, 0.5) is 8.78 Å². The van der Waals surface area contributed by atoms with E-state index < -0.39 is 12.1 Å². The molecule has 0 saturated carbocycles. The van der Waals surface area contributed by atoms with E-state index in [2.05, 4.69) is 0 Å². The van der Waals surface area contributed by atoms with Crippen LogP contribution in [-0.2, 0) is 6.42 Å². The van der Waals surface area contributed by atoms with Gasteiger partial charge >= 0.3 is 6.43 Å². The highest BCUT2D eigenvalue weighted by Gasteiger charge is 2.12. The van der Waals surface area contributed by atoms with Gasteiger partial charge in [-0.25, -0.2) is 0 Å². The van der Waals surface area contributed by atoms with Gasteiger partial charge in [0.05, 0.1) is 5.71 Å². The molecule has 0 saturated heterocycles. The molecule has 0 atom stereocenters. The van der Waals surface area contributed by atoms with Crippen molar-refractivity contribution in [1.82, 2.24) is 0 Å². The minimum Gasteiger partial charge on any atom is -0.303 e. The van der Waals surface area contributed by atoms with E-state index in [1.807, 2.05) is 30.3 Å². The van der Waals surface area contributed by atoms with E-state index in [1.165, 1.54) is 0 Å². The average Bonchev–Trinajstić information content (AvgIpc) is 2.15. The third kappa shape index (κ3) is 3.32. The van der Waals surface area contributed by atoms with Gasteiger partial charge in [-0.15, -0.1) is 0 Å². The predicted octanol–water partition coefficient (Wildman–Crippen LogP) is 3.07. The number of benzene rings is 1. The predicted molar refractivity (Wildman–Crippen MR) is 47.9 cm³/mol. The Balaban J connectivity index is 2.40. The lowest BCUT2D eigenvalue weighted by Gasteiger charge is -2.00. The van der Waals surface area contributed by atoms with E-state index in [0.717, 1.165) is 5.56 Å². The molecule has 1 N–H and O–H groups in total. The summed E-state index contributed by atoms with van der Waals surface area (Å²) in [5, 5.41) is 6.91. The Morgan fingerprint density at radius 1 is 1.15 bits per heavy atom. The Labute approximate surface area is 75.9 Å². The van der Waals surface area contributed by atoms with Gasteiger partial charge in [0.25, 0.3) is 0 Å². The lowest BCUT2D eigenvalue weighted by molar-refractivity contribution is 0.347. The van der Waals surface area contributed by atoms with Gasteiger partial charge in [0.1, 0.15) is 0 Å². The third-order valence-electron chi connectivity index (χ3n) is 1.73. The second-order valence-electron chi connectivity index (χ2n) is 2.72. The van der Waals surface area contributed by atoms with Gasteiger partial charge in [0, 0.05) is 0 Å². The first kappa shape index (κ1) is 9.84. The SMILES string of the molecule is N=C(CCc1ccccc1)[C](F)F. The summed E-state index contributed by atoms with van der Waals surface area (Å²) in [5.74, 6) is 0. The standard InChI is InChI=1S/C10H10F2N/c11-10(12)9(13)7-6-8-4-2-1-3-5-8/h1-5,13H,6-7H2. The van der Waals surface area contributed by atoms with Crippen LogP contribution in [0.5, 0.6) is 0 Å². The summed E-state index contributed by atoms with van der Waals surface area (Å²) in [7, 11) is 0. The number of hydrogen-bond donors (Lipinski definition) is 1. The zero-order valence-corrected chi connectivity index (χ0v) is 7.06. The molecule has 1 aromatic rings. The maximum atomic E-state index is 11.8. The first-order chi connectivity index (χ1) is 6.20. The number of hydrogen-bond acceptors (Lipinski definition) is 1. The number of rotatable bonds is 4. The van der Waals surface area contributed by atoms with Crippen LogP contribution in [0.2, 0.25) is 0 Å². The molecule has 0 unspecified atom stereocenters. The second-order valence-corrected chi connectivity index (χ2v) is 2.72. The lowest BCUT2D eigenvalue weighted by Crippen LogP contribution is -2.02. The van der Waals surface area contributed by atoms with Crippen LogP contribution in [0.1, 0.15) is 12.0 Å². The molecule has 69 valence electrons. The molecule has 0 aliphatic heterocycles. The van der Waals surface area contributed by atoms with Crippen LogP contribution >= 0.6 is 0 Å². The Hall–Kier alpha value is -1.25. The highest BCUT2D eigenvalue weighted by Crippen LogP contribution is 2.11. The molecular formula is C10H10F2N. The summed E-state index contributed by atoms with van der Waals surface area (Å²) in [5.41, 5.74) is 0.414. The zero-order chi connectivity index (χ0) is 9.68. The van der Waals surface area contributed by atoms with Gasteiger partial charge < -0.3 is 5.41 Å². The van der Waals surface area contributed by atoms with E-state index >= 15 is 0 Å². The lowest BCUT2D eigenvalue weighted by atomic mass is 10.1. The molecule has 0 bridgehead atoms. The smallest absolute Gasteiger partial charge is 0.303 e. The largest absolute Gasteiger partial charge is 0.352 e. The van der Waals surface area contributed by atoms with Gasteiger partial charge in [-0.05, 0) is 18.4 Å². The molecule has 0 fully saturated rings. The summed E-state index contributed by atoms with van der Waals surface area (Å²) in [6.45, 7) is 0. The summed E-state index contributed by atoms with van der Waals surface area (Å²) < 4.78 is 23.6. The fraction of sp³-hybridized carbons (Fsp3) is 0.200. The zero-order valence-electron chi connectivity index (χ0n) is 7.06. The number of nitrogens with one attached hydrogen (secondary N) is 1. The van der Waals surface area contributed by atoms with Crippen molar-refractivity contribution in [3.63, 3.8) is 0 Å². The minimum absolute atomic E-state index is 0.104. The first-order valence-electron chi connectivity index (χ1n) is 4.00. The first-order valence-corrected chi connectivity index (χ1v) is 4.00. The molecular weight excluding hydrogens is 172 g/mol. The Kier molecular flexibility index (Phi) is 3.55. The topological polar surface area (TPSA) is 23.9 Å². The summed E-state index contributed by atoms with van der Waals surface area (Å²) in [6, 6.07) is 9.31. The fourth-order valence-electron chi connectivity index (χ4n) is 1.01. The van der Waals surface area contributed by atoms with E-state index in [-0.39, 0.29) is 6.42 Å². The minimum atomic E-state index is -1.88. The molecule has 13 heavy (non-hydrogen) atoms. The molecule has 3 heteroatoms. The molecule has 1 aromatic carbocycles. The van der Waals surface area contributed by atoms with Crippen molar-refractivity contribution in [3.05, 3.63) is 42.3 Å². The molecule has 0 aliphatic carbocycles. The van der Waals surface area contributed by atoms with Crippen LogP contribution in [0.25, 0.3) is 0 Å². The average molecular weight is 182 g/mol. The Morgan fingerprint density at radius 3 is 2.31 bits per heavy atom. The van der Waals surface area contributed by atoms with Crippen LogP contribution in [0, 0.1) is 11.8 Å². The van der Waals surface area contributed by atoms with Gasteiger partial charge in [-0.2, -0.15) is 8.78 Å². The highest BCUT2D eigenvalue weighted by molar-refractivity contribution is 5.90. The third-order valence-corrected chi connectivity index (χ3v) is 1.73. The van der Waals surface area contributed by atoms with Crippen molar-refractivity contribution in [2.24, 2.45) is 0 Å². The quantitative estimate of drug-likeness (QED) is 0.692. The summed E-state index contributed by atoms with van der Waals surface area (Å²) in [4.78, 5) is 0. The van der Waals surface area contributed by atoms with Crippen LogP contribution < -0.4 is 0 Å². The molecule has 1 nitrogen and oxygen atoms in total. The molecule has 1 radical (unpaired) electrons. The molecule has 0 spiro atoms. The molecule has 0 amide bonds. The van der Waals surface area contributed by atoms with Crippen LogP contribution in [0.15, 0.2) is 30.3 Å². The van der Waals surface area contributed by atoms with Crippen molar-refractivity contribution in [2.45, 2.75) is 12.8 Å². The van der Waals surface area contributed by atoms with Gasteiger partial charge in [-0.1, -0.05) is 30.3 Å². The van der Waals surface area contributed by atoms with Crippen molar-refractivity contribution >= 4 is 5.71 Å². The monoisotopic (exact) mass is 182 g/mol. The van der Waals surface area contributed by atoms with Crippen molar-refractivity contribution in [3.8, 4) is 0 Å². The summed E-state index contributed by atoms with van der Waals surface area (Å²) in [6.07, 6.45) is -1.28. The normalized spacial score (nSPS) is 10.4. The maximum absolute atomic E-state index is 11.8. The Morgan fingerprint density at radius 2 is 1.77 bits per heavy atom. The van der Waals surface area contributed by atoms with Crippen molar-refractivity contribution in [2.75, 3.05) is 0 Å².